The molecule has 1 heterocycles. The lowest BCUT2D eigenvalue weighted by Gasteiger charge is -2.30. The SMILES string of the molecule is C=CCN1CC(C(C)CC)NCCC1C. The van der Waals surface area contributed by atoms with E-state index in [1.807, 2.05) is 6.08 Å². The molecular formula is C13H26N2. The van der Waals surface area contributed by atoms with Gasteiger partial charge in [-0.2, -0.15) is 0 Å². The molecule has 0 bridgehead atoms. The smallest absolute Gasteiger partial charge is 0.0220 e. The summed E-state index contributed by atoms with van der Waals surface area (Å²) in [6.07, 6.45) is 4.53. The molecule has 2 nitrogen and oxygen atoms in total. The lowest BCUT2D eigenvalue weighted by atomic mass is 9.99. The van der Waals surface area contributed by atoms with Crippen molar-refractivity contribution in [1.29, 1.82) is 0 Å². The van der Waals surface area contributed by atoms with Crippen LogP contribution in [0.3, 0.4) is 0 Å². The Bertz CT molecular complexity index is 191. The van der Waals surface area contributed by atoms with E-state index < -0.39 is 0 Å². The first kappa shape index (κ1) is 12.7. The van der Waals surface area contributed by atoms with E-state index >= 15 is 0 Å². The van der Waals surface area contributed by atoms with Crippen LogP contribution in [0.1, 0.15) is 33.6 Å². The zero-order valence-electron chi connectivity index (χ0n) is 10.5. The third-order valence-corrected chi connectivity index (χ3v) is 3.72. The fraction of sp³-hybridized carbons (Fsp3) is 0.846. The minimum absolute atomic E-state index is 0.653. The van der Waals surface area contributed by atoms with E-state index in [0.29, 0.717) is 12.1 Å². The van der Waals surface area contributed by atoms with Crippen LogP contribution in [-0.4, -0.2) is 36.6 Å². The maximum Gasteiger partial charge on any atom is 0.0220 e. The van der Waals surface area contributed by atoms with E-state index in [1.165, 1.54) is 19.4 Å². The molecule has 1 saturated heterocycles. The van der Waals surface area contributed by atoms with Crippen molar-refractivity contribution in [1.82, 2.24) is 10.2 Å². The molecule has 1 aliphatic heterocycles. The predicted octanol–water partition coefficient (Wildman–Crippen LogP) is 2.27. The highest BCUT2D eigenvalue weighted by molar-refractivity contribution is 4.86. The second-order valence-corrected chi connectivity index (χ2v) is 4.83. The molecule has 0 aromatic rings. The van der Waals surface area contributed by atoms with Gasteiger partial charge >= 0.3 is 0 Å². The van der Waals surface area contributed by atoms with Gasteiger partial charge in [0.1, 0.15) is 0 Å². The van der Waals surface area contributed by atoms with Gasteiger partial charge in [0.25, 0.3) is 0 Å². The van der Waals surface area contributed by atoms with Gasteiger partial charge in [-0.1, -0.05) is 26.3 Å². The number of rotatable bonds is 4. The van der Waals surface area contributed by atoms with Crippen molar-refractivity contribution in [2.24, 2.45) is 5.92 Å². The Morgan fingerprint density at radius 3 is 2.93 bits per heavy atom. The van der Waals surface area contributed by atoms with Crippen molar-refractivity contribution in [3.63, 3.8) is 0 Å². The van der Waals surface area contributed by atoms with Gasteiger partial charge in [0.15, 0.2) is 0 Å². The molecule has 0 radical (unpaired) electrons. The van der Waals surface area contributed by atoms with E-state index in [2.05, 4.69) is 37.6 Å². The monoisotopic (exact) mass is 210 g/mol. The van der Waals surface area contributed by atoms with Gasteiger partial charge < -0.3 is 5.32 Å². The van der Waals surface area contributed by atoms with Crippen molar-refractivity contribution in [3.8, 4) is 0 Å². The molecule has 3 atom stereocenters. The first-order chi connectivity index (χ1) is 7.19. The summed E-state index contributed by atoms with van der Waals surface area (Å²) in [5, 5.41) is 3.68. The summed E-state index contributed by atoms with van der Waals surface area (Å²) < 4.78 is 0. The van der Waals surface area contributed by atoms with Crippen LogP contribution in [0.15, 0.2) is 12.7 Å². The zero-order valence-corrected chi connectivity index (χ0v) is 10.5. The molecule has 0 spiro atoms. The molecular weight excluding hydrogens is 184 g/mol. The molecule has 0 aromatic carbocycles. The quantitative estimate of drug-likeness (QED) is 0.716. The lowest BCUT2D eigenvalue weighted by Crippen LogP contribution is -2.43. The van der Waals surface area contributed by atoms with Crippen LogP contribution in [0, 0.1) is 5.92 Å². The van der Waals surface area contributed by atoms with E-state index in [9.17, 15) is 0 Å². The molecule has 1 rings (SSSR count). The molecule has 0 aliphatic carbocycles. The minimum Gasteiger partial charge on any atom is -0.312 e. The summed E-state index contributed by atoms with van der Waals surface area (Å²) in [7, 11) is 0. The van der Waals surface area contributed by atoms with Gasteiger partial charge in [0.05, 0.1) is 0 Å². The van der Waals surface area contributed by atoms with Crippen molar-refractivity contribution in [2.45, 2.75) is 45.7 Å². The molecule has 1 fully saturated rings. The fourth-order valence-corrected chi connectivity index (χ4v) is 2.24. The first-order valence-electron chi connectivity index (χ1n) is 6.27. The molecule has 15 heavy (non-hydrogen) atoms. The van der Waals surface area contributed by atoms with Gasteiger partial charge in [0.2, 0.25) is 0 Å². The third-order valence-electron chi connectivity index (χ3n) is 3.72. The van der Waals surface area contributed by atoms with Crippen molar-refractivity contribution < 1.29 is 0 Å². The minimum atomic E-state index is 0.653. The molecule has 3 unspecified atom stereocenters. The molecule has 2 heteroatoms. The number of nitrogens with zero attached hydrogens (tertiary/aromatic N) is 1. The van der Waals surface area contributed by atoms with Crippen molar-refractivity contribution >= 4 is 0 Å². The van der Waals surface area contributed by atoms with Crippen LogP contribution in [0.25, 0.3) is 0 Å². The molecule has 0 amide bonds. The molecule has 1 aliphatic rings. The topological polar surface area (TPSA) is 15.3 Å². The summed E-state index contributed by atoms with van der Waals surface area (Å²) in [6, 6.07) is 1.34. The molecule has 1 N–H and O–H groups in total. The molecule has 0 aromatic heterocycles. The standard InChI is InChI=1S/C13H26N2/c1-5-9-15-10-13(11(3)6-2)14-8-7-12(15)4/h5,11-14H,1,6-10H2,2-4H3. The highest BCUT2D eigenvalue weighted by Gasteiger charge is 2.24. The van der Waals surface area contributed by atoms with Gasteiger partial charge in [-0.25, -0.2) is 0 Å². The zero-order chi connectivity index (χ0) is 11.3. The van der Waals surface area contributed by atoms with E-state index in [0.717, 1.165) is 19.0 Å². The van der Waals surface area contributed by atoms with Crippen LogP contribution < -0.4 is 5.32 Å². The van der Waals surface area contributed by atoms with Crippen molar-refractivity contribution in [3.05, 3.63) is 12.7 Å². The summed E-state index contributed by atoms with van der Waals surface area (Å²) in [5.74, 6) is 0.766. The highest BCUT2D eigenvalue weighted by Crippen LogP contribution is 2.15. The predicted molar refractivity (Wildman–Crippen MR) is 67.1 cm³/mol. The largest absolute Gasteiger partial charge is 0.312 e. The molecule has 0 saturated carbocycles. The number of hydrogen-bond donors (Lipinski definition) is 1. The highest BCUT2D eigenvalue weighted by atomic mass is 15.2. The second kappa shape index (κ2) is 6.29. The van der Waals surface area contributed by atoms with E-state index in [1.54, 1.807) is 0 Å². The molecule has 88 valence electrons. The Balaban J connectivity index is 2.57. The van der Waals surface area contributed by atoms with Crippen molar-refractivity contribution in [2.75, 3.05) is 19.6 Å². The Kier molecular flexibility index (Phi) is 5.34. The van der Waals surface area contributed by atoms with Gasteiger partial charge in [0, 0.05) is 25.2 Å². The van der Waals surface area contributed by atoms with Crippen LogP contribution in [0.4, 0.5) is 0 Å². The first-order valence-corrected chi connectivity index (χ1v) is 6.27. The van der Waals surface area contributed by atoms with E-state index in [4.69, 9.17) is 0 Å². The maximum absolute atomic E-state index is 3.85. The maximum atomic E-state index is 3.85. The second-order valence-electron chi connectivity index (χ2n) is 4.83. The van der Waals surface area contributed by atoms with Gasteiger partial charge in [-0.15, -0.1) is 6.58 Å². The average Bonchev–Trinajstić information content (AvgIpc) is 2.41. The Morgan fingerprint density at radius 1 is 1.60 bits per heavy atom. The normalized spacial score (nSPS) is 30.9. The fourth-order valence-electron chi connectivity index (χ4n) is 2.24. The van der Waals surface area contributed by atoms with Gasteiger partial charge in [-0.05, 0) is 25.8 Å². The van der Waals surface area contributed by atoms with Gasteiger partial charge in [-0.3, -0.25) is 4.90 Å². The Morgan fingerprint density at radius 2 is 2.33 bits per heavy atom. The average molecular weight is 210 g/mol. The van der Waals surface area contributed by atoms with Crippen LogP contribution >= 0.6 is 0 Å². The third kappa shape index (κ3) is 3.62. The Hall–Kier alpha value is -0.340. The van der Waals surface area contributed by atoms with Crippen LogP contribution in [0.5, 0.6) is 0 Å². The Labute approximate surface area is 94.7 Å². The summed E-state index contributed by atoms with van der Waals surface area (Å²) in [5.41, 5.74) is 0. The van der Waals surface area contributed by atoms with E-state index in [-0.39, 0.29) is 0 Å². The summed E-state index contributed by atoms with van der Waals surface area (Å²) in [6.45, 7) is 14.1. The summed E-state index contributed by atoms with van der Waals surface area (Å²) in [4.78, 5) is 2.55. The van der Waals surface area contributed by atoms with Crippen LogP contribution in [-0.2, 0) is 0 Å². The van der Waals surface area contributed by atoms with Crippen LogP contribution in [0.2, 0.25) is 0 Å². The number of nitrogens with one attached hydrogen (secondary N) is 1. The number of hydrogen-bond acceptors (Lipinski definition) is 2. The summed E-state index contributed by atoms with van der Waals surface area (Å²) >= 11 is 0. The lowest BCUT2D eigenvalue weighted by molar-refractivity contribution is 0.207.